The van der Waals surface area contributed by atoms with Gasteiger partial charge in [0.05, 0.1) is 24.7 Å². The van der Waals surface area contributed by atoms with Gasteiger partial charge in [-0.05, 0) is 73.5 Å². The molecule has 164 valence electrons. The molecule has 1 aliphatic rings. The molecule has 0 atom stereocenters. The van der Waals surface area contributed by atoms with E-state index in [0.717, 1.165) is 34.7 Å². The van der Waals surface area contributed by atoms with Crippen LogP contribution in [0.3, 0.4) is 0 Å². The van der Waals surface area contributed by atoms with E-state index in [0.29, 0.717) is 0 Å². The van der Waals surface area contributed by atoms with Gasteiger partial charge >= 0.3 is 0 Å². The number of allylic oxidation sites excluding steroid dienone is 4. The minimum Gasteiger partial charge on any atom is -0.497 e. The molecule has 0 unspecified atom stereocenters. The zero-order valence-electron chi connectivity index (χ0n) is 19.2. The van der Waals surface area contributed by atoms with Gasteiger partial charge < -0.3 is 9.30 Å². The topological polar surface area (TPSA) is 29.8 Å². The van der Waals surface area contributed by atoms with Crippen LogP contribution in [-0.2, 0) is 7.05 Å². The molecule has 0 aliphatic heterocycles. The maximum absolute atomic E-state index is 5.33. The number of methoxy groups -OCH3 is 1. The molecular formula is C29H27N3O. The van der Waals surface area contributed by atoms with Gasteiger partial charge in [0.1, 0.15) is 5.75 Å². The molecule has 1 aromatic heterocycles. The first-order valence-corrected chi connectivity index (χ1v) is 11.1. The summed E-state index contributed by atoms with van der Waals surface area (Å²) in [7, 11) is 3.79. The highest BCUT2D eigenvalue weighted by atomic mass is 16.5. The monoisotopic (exact) mass is 433 g/mol. The van der Waals surface area contributed by atoms with Crippen LogP contribution in [0.1, 0.15) is 17.5 Å². The highest BCUT2D eigenvalue weighted by Gasteiger charge is 2.12. The zero-order valence-corrected chi connectivity index (χ0v) is 19.2. The second-order valence-corrected chi connectivity index (χ2v) is 8.44. The Kier molecular flexibility index (Phi) is 5.35. The Balaban J connectivity index is 1.55. The normalized spacial score (nSPS) is 13.8. The molecule has 0 radical (unpaired) electrons. The molecule has 33 heavy (non-hydrogen) atoms. The van der Waals surface area contributed by atoms with Gasteiger partial charge in [0.25, 0.3) is 0 Å². The molecule has 0 fully saturated rings. The summed E-state index contributed by atoms with van der Waals surface area (Å²) < 4.78 is 7.57. The second kappa shape index (κ2) is 8.47. The van der Waals surface area contributed by atoms with E-state index in [1.54, 1.807) is 7.11 Å². The van der Waals surface area contributed by atoms with Crippen LogP contribution in [0.25, 0.3) is 21.8 Å². The molecule has 3 aromatic carbocycles. The summed E-state index contributed by atoms with van der Waals surface area (Å²) in [6.45, 7) is 6.19. The molecule has 1 heterocycles. The minimum absolute atomic E-state index is 0.815. The standard InChI is InChI=1S/C29H27N3O/c1-20-5-9-23(10-6-20)32(24-11-13-25(33-4)14-12-24)30-19-22-8-16-29-27(18-22)26-17-21(2)7-15-28(26)31(29)3/h5,7-19H,1,6H2,2-4H3/b30-19-. The first-order chi connectivity index (χ1) is 16.0. The van der Waals surface area contributed by atoms with Crippen LogP contribution >= 0.6 is 0 Å². The zero-order chi connectivity index (χ0) is 22.9. The first-order valence-electron chi connectivity index (χ1n) is 11.1. The average Bonchev–Trinajstić information content (AvgIpc) is 3.11. The number of hydrogen-bond acceptors (Lipinski definition) is 3. The van der Waals surface area contributed by atoms with Crippen LogP contribution in [0.4, 0.5) is 5.69 Å². The number of fused-ring (bicyclic) bond motifs is 3. The molecular weight excluding hydrogens is 406 g/mol. The largest absolute Gasteiger partial charge is 0.497 e. The number of benzene rings is 3. The number of rotatable bonds is 5. The summed E-state index contributed by atoms with van der Waals surface area (Å²) in [6.07, 6.45) is 9.00. The van der Waals surface area contributed by atoms with Crippen LogP contribution < -0.4 is 9.75 Å². The summed E-state index contributed by atoms with van der Waals surface area (Å²) >= 11 is 0. The Morgan fingerprint density at radius 2 is 1.70 bits per heavy atom. The Labute approximate surface area is 194 Å². The van der Waals surface area contributed by atoms with Crippen molar-refractivity contribution in [2.24, 2.45) is 12.1 Å². The van der Waals surface area contributed by atoms with E-state index >= 15 is 0 Å². The number of anilines is 1. The number of aryl methyl sites for hydroxylation is 2. The molecule has 0 saturated carbocycles. The average molecular weight is 434 g/mol. The number of nitrogens with zero attached hydrogens (tertiary/aromatic N) is 3. The van der Waals surface area contributed by atoms with Gasteiger partial charge in [-0.3, -0.25) is 0 Å². The van der Waals surface area contributed by atoms with Gasteiger partial charge in [0, 0.05) is 28.9 Å². The van der Waals surface area contributed by atoms with Crippen molar-refractivity contribution in [3.05, 3.63) is 108 Å². The fraction of sp³-hybridized carbons (Fsp3) is 0.138. The van der Waals surface area contributed by atoms with Crippen molar-refractivity contribution in [1.29, 1.82) is 0 Å². The van der Waals surface area contributed by atoms with Gasteiger partial charge in [0.15, 0.2) is 0 Å². The molecule has 0 N–H and O–H groups in total. The molecule has 0 bridgehead atoms. The lowest BCUT2D eigenvalue weighted by Gasteiger charge is -2.22. The van der Waals surface area contributed by atoms with Crippen molar-refractivity contribution < 1.29 is 4.74 Å². The maximum Gasteiger partial charge on any atom is 0.119 e. The predicted molar refractivity (Wildman–Crippen MR) is 139 cm³/mol. The van der Waals surface area contributed by atoms with E-state index in [9.17, 15) is 0 Å². The van der Waals surface area contributed by atoms with Crippen molar-refractivity contribution in [2.75, 3.05) is 12.1 Å². The van der Waals surface area contributed by atoms with Crippen molar-refractivity contribution >= 4 is 33.7 Å². The smallest absolute Gasteiger partial charge is 0.119 e. The Bertz CT molecular complexity index is 1450. The van der Waals surface area contributed by atoms with Gasteiger partial charge in [0.2, 0.25) is 0 Å². The number of hydrogen-bond donors (Lipinski definition) is 0. The summed E-state index contributed by atoms with van der Waals surface area (Å²) in [6, 6.07) is 21.1. The van der Waals surface area contributed by atoms with Gasteiger partial charge in [-0.25, -0.2) is 5.01 Å². The fourth-order valence-corrected chi connectivity index (χ4v) is 4.29. The predicted octanol–water partition coefficient (Wildman–Crippen LogP) is 6.89. The van der Waals surface area contributed by atoms with E-state index < -0.39 is 0 Å². The van der Waals surface area contributed by atoms with Crippen molar-refractivity contribution in [1.82, 2.24) is 4.57 Å². The third-order valence-electron chi connectivity index (χ3n) is 6.13. The summed E-state index contributed by atoms with van der Waals surface area (Å²) in [5, 5.41) is 9.36. The number of ether oxygens (including phenoxy) is 1. The van der Waals surface area contributed by atoms with E-state index in [-0.39, 0.29) is 0 Å². The Morgan fingerprint density at radius 1 is 0.970 bits per heavy atom. The van der Waals surface area contributed by atoms with Crippen molar-refractivity contribution in [3.8, 4) is 5.75 Å². The number of aromatic nitrogens is 1. The van der Waals surface area contributed by atoms with E-state index in [4.69, 9.17) is 9.84 Å². The third-order valence-corrected chi connectivity index (χ3v) is 6.13. The minimum atomic E-state index is 0.815. The molecule has 4 aromatic rings. The highest BCUT2D eigenvalue weighted by molar-refractivity contribution is 6.09. The van der Waals surface area contributed by atoms with E-state index in [2.05, 4.69) is 73.7 Å². The van der Waals surface area contributed by atoms with Crippen molar-refractivity contribution in [3.63, 3.8) is 0 Å². The lowest BCUT2D eigenvalue weighted by atomic mass is 10.1. The van der Waals surface area contributed by atoms with Gasteiger partial charge in [-0.15, -0.1) is 0 Å². The molecule has 0 amide bonds. The van der Waals surface area contributed by atoms with Gasteiger partial charge in [-0.1, -0.05) is 42.0 Å². The number of hydrazone groups is 1. The van der Waals surface area contributed by atoms with Crippen LogP contribution in [-0.4, -0.2) is 17.9 Å². The van der Waals surface area contributed by atoms with Crippen LogP contribution in [0.2, 0.25) is 0 Å². The Hall–Kier alpha value is -4.05. The first kappa shape index (κ1) is 20.8. The third kappa shape index (κ3) is 3.96. The second-order valence-electron chi connectivity index (χ2n) is 8.44. The SMILES string of the molecule is C=C1C=CC(N(/N=C\c2ccc3c(c2)c2cc(C)ccc2n3C)c2ccc(OC)cc2)=CC1. The Morgan fingerprint density at radius 3 is 2.39 bits per heavy atom. The van der Waals surface area contributed by atoms with Crippen LogP contribution in [0.5, 0.6) is 5.75 Å². The molecule has 5 rings (SSSR count). The summed E-state index contributed by atoms with van der Waals surface area (Å²) in [5.41, 5.74) is 7.85. The van der Waals surface area contributed by atoms with Crippen LogP contribution in [0, 0.1) is 6.92 Å². The molecule has 1 aliphatic carbocycles. The molecule has 4 heteroatoms. The van der Waals surface area contributed by atoms with Gasteiger partial charge in [-0.2, -0.15) is 5.10 Å². The lowest BCUT2D eigenvalue weighted by Crippen LogP contribution is -2.16. The van der Waals surface area contributed by atoms with E-state index in [1.807, 2.05) is 41.6 Å². The molecule has 0 spiro atoms. The van der Waals surface area contributed by atoms with Crippen LogP contribution in [0.15, 0.2) is 102 Å². The molecule has 4 nitrogen and oxygen atoms in total. The van der Waals surface area contributed by atoms with E-state index in [1.165, 1.54) is 27.4 Å². The fourth-order valence-electron chi connectivity index (χ4n) is 4.29. The summed E-state index contributed by atoms with van der Waals surface area (Å²) in [5.74, 6) is 0.820. The molecule has 0 saturated heterocycles. The lowest BCUT2D eigenvalue weighted by molar-refractivity contribution is 0.415. The maximum atomic E-state index is 5.33. The van der Waals surface area contributed by atoms with Crippen molar-refractivity contribution in [2.45, 2.75) is 13.3 Å². The quantitative estimate of drug-likeness (QED) is 0.253. The highest BCUT2D eigenvalue weighted by Crippen LogP contribution is 2.30. The summed E-state index contributed by atoms with van der Waals surface area (Å²) in [4.78, 5) is 0.